The molecule has 0 radical (unpaired) electrons. The van der Waals surface area contributed by atoms with Gasteiger partial charge in [0.1, 0.15) is 5.54 Å². The Morgan fingerprint density at radius 1 is 1.24 bits per heavy atom. The van der Waals surface area contributed by atoms with Gasteiger partial charge in [-0.3, -0.25) is 9.69 Å². The van der Waals surface area contributed by atoms with Crippen molar-refractivity contribution in [3.05, 3.63) is 0 Å². The first kappa shape index (κ1) is 14.8. The third-order valence-corrected chi connectivity index (χ3v) is 5.48. The molecular formula is C15H25N3O3. The Labute approximate surface area is 126 Å². The van der Waals surface area contributed by atoms with Gasteiger partial charge in [0, 0.05) is 40.4 Å². The maximum absolute atomic E-state index is 12.4. The van der Waals surface area contributed by atoms with E-state index in [1.54, 1.807) is 19.0 Å². The number of carbonyl (C=O) groups excluding carboxylic acids is 2. The summed E-state index contributed by atoms with van der Waals surface area (Å²) in [5.41, 5.74) is -0.585. The van der Waals surface area contributed by atoms with Crippen molar-refractivity contribution in [3.8, 4) is 0 Å². The molecule has 3 heterocycles. The third kappa shape index (κ3) is 2.44. The van der Waals surface area contributed by atoms with Gasteiger partial charge >= 0.3 is 6.03 Å². The molecule has 1 spiro atoms. The van der Waals surface area contributed by atoms with E-state index in [1.807, 2.05) is 0 Å². The van der Waals surface area contributed by atoms with Crippen molar-refractivity contribution in [1.82, 2.24) is 14.7 Å². The maximum atomic E-state index is 12.4. The second kappa shape index (κ2) is 5.57. The number of rotatable bonds is 3. The largest absolute Gasteiger partial charge is 0.381 e. The molecular weight excluding hydrogens is 270 g/mol. The standard InChI is InChI=1S/C15H25N3O3/c1-16-13(19)15(17(2)14(16)20)5-8-18(9-6-15)7-3-12-4-10-21-11-12/h12H,3-11H2,1-2H3/t12-/m0/s1. The van der Waals surface area contributed by atoms with Crippen molar-refractivity contribution in [2.45, 2.75) is 31.2 Å². The summed E-state index contributed by atoms with van der Waals surface area (Å²) in [6, 6.07) is -0.170. The number of imide groups is 1. The first-order valence-corrected chi connectivity index (χ1v) is 7.90. The minimum atomic E-state index is -0.585. The third-order valence-electron chi connectivity index (χ3n) is 5.48. The summed E-state index contributed by atoms with van der Waals surface area (Å²) in [4.78, 5) is 29.7. The quantitative estimate of drug-likeness (QED) is 0.722. The SMILES string of the molecule is CN1C(=O)N(C)C2(CCN(CC[C@H]3CCOC3)CC2)C1=O. The molecule has 0 unspecified atom stereocenters. The summed E-state index contributed by atoms with van der Waals surface area (Å²) in [5, 5.41) is 0. The molecule has 0 aromatic heterocycles. The van der Waals surface area contributed by atoms with Crippen molar-refractivity contribution in [1.29, 1.82) is 0 Å². The molecule has 3 amide bonds. The van der Waals surface area contributed by atoms with Crippen molar-refractivity contribution < 1.29 is 14.3 Å². The molecule has 21 heavy (non-hydrogen) atoms. The zero-order valence-electron chi connectivity index (χ0n) is 13.0. The monoisotopic (exact) mass is 295 g/mol. The number of hydrogen-bond acceptors (Lipinski definition) is 4. The number of amides is 3. The Hall–Kier alpha value is -1.14. The topological polar surface area (TPSA) is 53.1 Å². The van der Waals surface area contributed by atoms with Crippen molar-refractivity contribution in [2.24, 2.45) is 5.92 Å². The van der Waals surface area contributed by atoms with Gasteiger partial charge in [0.25, 0.3) is 5.91 Å². The number of piperidine rings is 1. The van der Waals surface area contributed by atoms with E-state index in [1.165, 1.54) is 17.7 Å². The molecule has 3 rings (SSSR count). The predicted octanol–water partition coefficient (Wildman–Crippen LogP) is 0.771. The van der Waals surface area contributed by atoms with Gasteiger partial charge in [0.05, 0.1) is 0 Å². The first-order valence-electron chi connectivity index (χ1n) is 7.90. The molecule has 0 saturated carbocycles. The predicted molar refractivity (Wildman–Crippen MR) is 77.9 cm³/mol. The molecule has 6 nitrogen and oxygen atoms in total. The van der Waals surface area contributed by atoms with Crippen LogP contribution in [0.3, 0.4) is 0 Å². The minimum Gasteiger partial charge on any atom is -0.381 e. The van der Waals surface area contributed by atoms with E-state index in [0.717, 1.165) is 45.7 Å². The average Bonchev–Trinajstić information content (AvgIpc) is 3.08. The van der Waals surface area contributed by atoms with Crippen LogP contribution in [0.15, 0.2) is 0 Å². The molecule has 3 aliphatic heterocycles. The number of hydrogen-bond donors (Lipinski definition) is 0. The lowest BCUT2D eigenvalue weighted by atomic mass is 9.86. The second-order valence-electron chi connectivity index (χ2n) is 6.60. The fourth-order valence-corrected chi connectivity index (χ4v) is 3.82. The van der Waals surface area contributed by atoms with Crippen LogP contribution in [-0.2, 0) is 9.53 Å². The molecule has 0 aromatic carbocycles. The van der Waals surface area contributed by atoms with Crippen LogP contribution in [0, 0.1) is 5.92 Å². The summed E-state index contributed by atoms with van der Waals surface area (Å²) in [7, 11) is 3.34. The summed E-state index contributed by atoms with van der Waals surface area (Å²) in [5.74, 6) is 0.670. The lowest BCUT2D eigenvalue weighted by Gasteiger charge is -2.41. The Morgan fingerprint density at radius 3 is 2.48 bits per heavy atom. The fourth-order valence-electron chi connectivity index (χ4n) is 3.82. The lowest BCUT2D eigenvalue weighted by molar-refractivity contribution is -0.134. The van der Waals surface area contributed by atoms with Gasteiger partial charge in [-0.1, -0.05) is 0 Å². The van der Waals surface area contributed by atoms with Crippen molar-refractivity contribution in [3.63, 3.8) is 0 Å². The second-order valence-corrected chi connectivity index (χ2v) is 6.60. The number of urea groups is 1. The van der Waals surface area contributed by atoms with Gasteiger partial charge in [0.15, 0.2) is 0 Å². The zero-order chi connectivity index (χ0) is 15.0. The lowest BCUT2D eigenvalue weighted by Crippen LogP contribution is -2.55. The van der Waals surface area contributed by atoms with E-state index in [9.17, 15) is 9.59 Å². The Balaban J connectivity index is 1.54. The molecule has 0 N–H and O–H groups in total. The molecule has 3 fully saturated rings. The minimum absolute atomic E-state index is 0.0288. The normalized spacial score (nSPS) is 29.9. The van der Waals surface area contributed by atoms with Crippen LogP contribution in [0.4, 0.5) is 4.79 Å². The van der Waals surface area contributed by atoms with Gasteiger partial charge in [-0.05, 0) is 38.1 Å². The van der Waals surface area contributed by atoms with Crippen LogP contribution >= 0.6 is 0 Å². The summed E-state index contributed by atoms with van der Waals surface area (Å²) >= 11 is 0. The number of ether oxygens (including phenoxy) is 1. The highest BCUT2D eigenvalue weighted by Crippen LogP contribution is 2.35. The van der Waals surface area contributed by atoms with E-state index in [0.29, 0.717) is 5.92 Å². The summed E-state index contributed by atoms with van der Waals surface area (Å²) < 4.78 is 5.41. The molecule has 3 saturated heterocycles. The number of likely N-dealkylation sites (tertiary alicyclic amines) is 1. The van der Waals surface area contributed by atoms with Crippen molar-refractivity contribution in [2.75, 3.05) is 46.9 Å². The van der Waals surface area contributed by atoms with E-state index in [-0.39, 0.29) is 11.9 Å². The maximum Gasteiger partial charge on any atom is 0.327 e. The average molecular weight is 295 g/mol. The zero-order valence-corrected chi connectivity index (χ0v) is 13.0. The van der Waals surface area contributed by atoms with E-state index in [4.69, 9.17) is 4.74 Å². The molecule has 6 heteroatoms. The van der Waals surface area contributed by atoms with E-state index < -0.39 is 5.54 Å². The Morgan fingerprint density at radius 2 is 1.95 bits per heavy atom. The van der Waals surface area contributed by atoms with Crippen LogP contribution in [-0.4, -0.2) is 79.1 Å². The van der Waals surface area contributed by atoms with Gasteiger partial charge < -0.3 is 14.5 Å². The summed E-state index contributed by atoms with van der Waals surface area (Å²) in [6.45, 7) is 4.67. The van der Waals surface area contributed by atoms with Gasteiger partial charge in [-0.25, -0.2) is 4.79 Å². The highest BCUT2D eigenvalue weighted by Gasteiger charge is 2.55. The molecule has 0 bridgehead atoms. The van der Waals surface area contributed by atoms with Crippen LogP contribution < -0.4 is 0 Å². The molecule has 0 aromatic rings. The molecule has 3 aliphatic rings. The fraction of sp³-hybridized carbons (Fsp3) is 0.867. The van der Waals surface area contributed by atoms with Crippen LogP contribution in [0.1, 0.15) is 25.7 Å². The number of nitrogens with zero attached hydrogens (tertiary/aromatic N) is 3. The highest BCUT2D eigenvalue weighted by atomic mass is 16.5. The van der Waals surface area contributed by atoms with Gasteiger partial charge in [0.2, 0.25) is 0 Å². The van der Waals surface area contributed by atoms with Gasteiger partial charge in [-0.2, -0.15) is 0 Å². The Bertz CT molecular complexity index is 426. The number of likely N-dealkylation sites (N-methyl/N-ethyl adjacent to an activating group) is 2. The van der Waals surface area contributed by atoms with E-state index >= 15 is 0 Å². The van der Waals surface area contributed by atoms with Gasteiger partial charge in [-0.15, -0.1) is 0 Å². The van der Waals surface area contributed by atoms with Crippen LogP contribution in [0.5, 0.6) is 0 Å². The first-order chi connectivity index (χ1) is 10.0. The summed E-state index contributed by atoms with van der Waals surface area (Å²) in [6.07, 6.45) is 3.85. The van der Waals surface area contributed by atoms with Crippen molar-refractivity contribution >= 4 is 11.9 Å². The molecule has 118 valence electrons. The van der Waals surface area contributed by atoms with Crippen LogP contribution in [0.2, 0.25) is 0 Å². The molecule has 0 aliphatic carbocycles. The smallest absolute Gasteiger partial charge is 0.327 e. The molecule has 1 atom stereocenters. The Kier molecular flexibility index (Phi) is 3.92. The number of carbonyl (C=O) groups is 2. The highest BCUT2D eigenvalue weighted by molar-refractivity contribution is 6.06. The van der Waals surface area contributed by atoms with Crippen LogP contribution in [0.25, 0.3) is 0 Å². The van der Waals surface area contributed by atoms with E-state index in [2.05, 4.69) is 4.90 Å².